The van der Waals surface area contributed by atoms with Gasteiger partial charge in [0.25, 0.3) is 0 Å². The van der Waals surface area contributed by atoms with E-state index in [1.165, 1.54) is 11.3 Å². The van der Waals surface area contributed by atoms with Crippen LogP contribution in [0.5, 0.6) is 5.75 Å². The van der Waals surface area contributed by atoms with Crippen molar-refractivity contribution >= 4 is 32.4 Å². The Balaban J connectivity index is 2.43. The van der Waals surface area contributed by atoms with E-state index < -0.39 is 0 Å². The SMILES string of the molecule is CCOc1ccc(-c2nc(N)sc2C)c(Br)c1. The van der Waals surface area contributed by atoms with Crippen molar-refractivity contribution in [2.24, 2.45) is 0 Å². The highest BCUT2D eigenvalue weighted by Gasteiger charge is 2.11. The van der Waals surface area contributed by atoms with Gasteiger partial charge in [-0.2, -0.15) is 0 Å². The number of hydrogen-bond donors (Lipinski definition) is 1. The van der Waals surface area contributed by atoms with Gasteiger partial charge in [0.05, 0.1) is 12.3 Å². The molecule has 0 bridgehead atoms. The van der Waals surface area contributed by atoms with E-state index in [-0.39, 0.29) is 0 Å². The third-order valence-electron chi connectivity index (χ3n) is 2.32. The quantitative estimate of drug-likeness (QED) is 0.936. The molecule has 0 aliphatic carbocycles. The fourth-order valence-electron chi connectivity index (χ4n) is 1.61. The highest BCUT2D eigenvalue weighted by Crippen LogP contribution is 2.35. The van der Waals surface area contributed by atoms with Gasteiger partial charge in [-0.15, -0.1) is 11.3 Å². The number of halogens is 1. The van der Waals surface area contributed by atoms with Gasteiger partial charge in [0, 0.05) is 14.9 Å². The molecule has 1 aromatic carbocycles. The highest BCUT2D eigenvalue weighted by atomic mass is 79.9. The fraction of sp³-hybridized carbons (Fsp3) is 0.250. The molecule has 0 aliphatic heterocycles. The normalized spacial score (nSPS) is 10.5. The van der Waals surface area contributed by atoms with Crippen LogP contribution in [-0.4, -0.2) is 11.6 Å². The number of ether oxygens (including phenoxy) is 1. The molecule has 3 nitrogen and oxygen atoms in total. The van der Waals surface area contributed by atoms with Crippen LogP contribution in [0.3, 0.4) is 0 Å². The molecule has 0 fully saturated rings. The monoisotopic (exact) mass is 312 g/mol. The summed E-state index contributed by atoms with van der Waals surface area (Å²) in [4.78, 5) is 5.46. The second-order valence-corrected chi connectivity index (χ2v) is 5.62. The molecule has 0 amide bonds. The molecule has 0 aliphatic rings. The van der Waals surface area contributed by atoms with Crippen LogP contribution in [0.15, 0.2) is 22.7 Å². The topological polar surface area (TPSA) is 48.1 Å². The molecule has 0 radical (unpaired) electrons. The molecule has 2 rings (SSSR count). The number of hydrogen-bond acceptors (Lipinski definition) is 4. The summed E-state index contributed by atoms with van der Waals surface area (Å²) in [6, 6.07) is 5.89. The number of nitrogen functional groups attached to an aromatic ring is 1. The third-order valence-corrected chi connectivity index (χ3v) is 3.78. The Hall–Kier alpha value is -1.07. The van der Waals surface area contributed by atoms with Gasteiger partial charge in [-0.25, -0.2) is 4.98 Å². The molecule has 0 spiro atoms. The molecule has 17 heavy (non-hydrogen) atoms. The van der Waals surface area contributed by atoms with Crippen molar-refractivity contribution < 1.29 is 4.74 Å². The van der Waals surface area contributed by atoms with Crippen LogP contribution in [0.4, 0.5) is 5.13 Å². The average Bonchev–Trinajstić information content (AvgIpc) is 2.58. The van der Waals surface area contributed by atoms with Crippen LogP contribution in [-0.2, 0) is 0 Å². The molecule has 1 heterocycles. The Bertz CT molecular complexity index is 539. The van der Waals surface area contributed by atoms with Crippen molar-refractivity contribution in [2.45, 2.75) is 13.8 Å². The highest BCUT2D eigenvalue weighted by molar-refractivity contribution is 9.10. The molecule has 2 aromatic rings. The summed E-state index contributed by atoms with van der Waals surface area (Å²) in [5.41, 5.74) is 7.69. The van der Waals surface area contributed by atoms with Gasteiger partial charge in [0.2, 0.25) is 0 Å². The summed E-state index contributed by atoms with van der Waals surface area (Å²) in [5, 5.41) is 0.596. The predicted octanol–water partition coefficient (Wildman–Crippen LogP) is 3.86. The number of rotatable bonds is 3. The fourth-order valence-corrected chi connectivity index (χ4v) is 2.86. The van der Waals surface area contributed by atoms with E-state index in [2.05, 4.69) is 20.9 Å². The maximum atomic E-state index is 5.71. The number of nitrogens with zero attached hydrogens (tertiary/aromatic N) is 1. The van der Waals surface area contributed by atoms with Gasteiger partial charge in [0.1, 0.15) is 5.75 Å². The van der Waals surface area contributed by atoms with Gasteiger partial charge in [-0.05, 0) is 48.0 Å². The van der Waals surface area contributed by atoms with Crippen molar-refractivity contribution in [3.63, 3.8) is 0 Å². The van der Waals surface area contributed by atoms with E-state index in [1.807, 2.05) is 32.0 Å². The summed E-state index contributed by atoms with van der Waals surface area (Å²) in [6.07, 6.45) is 0. The van der Waals surface area contributed by atoms with E-state index in [4.69, 9.17) is 10.5 Å². The lowest BCUT2D eigenvalue weighted by molar-refractivity contribution is 0.340. The van der Waals surface area contributed by atoms with Crippen LogP contribution in [0.25, 0.3) is 11.3 Å². The lowest BCUT2D eigenvalue weighted by atomic mass is 10.1. The number of nitrogens with two attached hydrogens (primary N) is 1. The molecule has 0 atom stereocenters. The first-order valence-electron chi connectivity index (χ1n) is 5.27. The second kappa shape index (κ2) is 5.06. The van der Waals surface area contributed by atoms with Gasteiger partial charge in [0.15, 0.2) is 5.13 Å². The Kier molecular flexibility index (Phi) is 3.69. The molecule has 0 unspecified atom stereocenters. The lowest BCUT2D eigenvalue weighted by Gasteiger charge is -2.07. The van der Waals surface area contributed by atoms with Gasteiger partial charge >= 0.3 is 0 Å². The first-order valence-corrected chi connectivity index (χ1v) is 6.88. The smallest absolute Gasteiger partial charge is 0.180 e. The number of aryl methyl sites for hydroxylation is 1. The summed E-state index contributed by atoms with van der Waals surface area (Å²) < 4.78 is 6.41. The summed E-state index contributed by atoms with van der Waals surface area (Å²) in [6.45, 7) is 4.65. The van der Waals surface area contributed by atoms with E-state index in [9.17, 15) is 0 Å². The molecule has 2 N–H and O–H groups in total. The Morgan fingerprint density at radius 3 is 2.76 bits per heavy atom. The van der Waals surface area contributed by atoms with Gasteiger partial charge < -0.3 is 10.5 Å². The maximum Gasteiger partial charge on any atom is 0.180 e. The van der Waals surface area contributed by atoms with Gasteiger partial charge in [-0.3, -0.25) is 0 Å². The largest absolute Gasteiger partial charge is 0.494 e. The number of anilines is 1. The standard InChI is InChI=1S/C12H13BrN2OS/c1-3-16-8-4-5-9(10(13)6-8)11-7(2)17-12(14)15-11/h4-6H,3H2,1-2H3,(H2,14,15). The number of benzene rings is 1. The zero-order valence-electron chi connectivity index (χ0n) is 9.66. The average molecular weight is 313 g/mol. The Labute approximate surface area is 113 Å². The van der Waals surface area contributed by atoms with Crippen molar-refractivity contribution in [2.75, 3.05) is 12.3 Å². The molecule has 1 aromatic heterocycles. The van der Waals surface area contributed by atoms with Crippen molar-refractivity contribution in [1.29, 1.82) is 0 Å². The maximum absolute atomic E-state index is 5.71. The summed E-state index contributed by atoms with van der Waals surface area (Å²) in [5.74, 6) is 0.851. The van der Waals surface area contributed by atoms with Crippen molar-refractivity contribution in [1.82, 2.24) is 4.98 Å². The van der Waals surface area contributed by atoms with E-state index >= 15 is 0 Å². The van der Waals surface area contributed by atoms with Crippen molar-refractivity contribution in [3.05, 3.63) is 27.5 Å². The van der Waals surface area contributed by atoms with Crippen LogP contribution < -0.4 is 10.5 Å². The van der Waals surface area contributed by atoms with E-state index in [0.29, 0.717) is 11.7 Å². The van der Waals surface area contributed by atoms with E-state index in [1.54, 1.807) is 0 Å². The summed E-state index contributed by atoms with van der Waals surface area (Å²) >= 11 is 5.04. The van der Waals surface area contributed by atoms with Gasteiger partial charge in [-0.1, -0.05) is 0 Å². The zero-order chi connectivity index (χ0) is 12.4. The minimum absolute atomic E-state index is 0.596. The molecule has 0 saturated carbocycles. The number of aromatic nitrogens is 1. The molecule has 90 valence electrons. The Morgan fingerprint density at radius 2 is 2.24 bits per heavy atom. The second-order valence-electron chi connectivity index (χ2n) is 3.53. The van der Waals surface area contributed by atoms with Crippen LogP contribution in [0, 0.1) is 6.92 Å². The van der Waals surface area contributed by atoms with Crippen molar-refractivity contribution in [3.8, 4) is 17.0 Å². The van der Waals surface area contributed by atoms with Crippen LogP contribution in [0.1, 0.15) is 11.8 Å². The van der Waals surface area contributed by atoms with E-state index in [0.717, 1.165) is 26.4 Å². The first-order chi connectivity index (χ1) is 8.11. The predicted molar refractivity (Wildman–Crippen MR) is 75.6 cm³/mol. The minimum atomic E-state index is 0.596. The van der Waals surface area contributed by atoms with Crippen LogP contribution >= 0.6 is 27.3 Å². The minimum Gasteiger partial charge on any atom is -0.494 e. The number of thiazole rings is 1. The first kappa shape index (κ1) is 12.4. The summed E-state index contributed by atoms with van der Waals surface area (Å²) in [7, 11) is 0. The lowest BCUT2D eigenvalue weighted by Crippen LogP contribution is -1.92. The Morgan fingerprint density at radius 1 is 1.47 bits per heavy atom. The molecular formula is C12H13BrN2OS. The zero-order valence-corrected chi connectivity index (χ0v) is 12.1. The van der Waals surface area contributed by atoms with Crippen LogP contribution in [0.2, 0.25) is 0 Å². The molecular weight excluding hydrogens is 300 g/mol. The third kappa shape index (κ3) is 2.61. The molecule has 0 saturated heterocycles. The molecule has 5 heteroatoms.